The van der Waals surface area contributed by atoms with Gasteiger partial charge in [-0.25, -0.2) is 4.98 Å². The number of anilines is 2. The maximum Gasteiger partial charge on any atom is 0.227 e. The third-order valence-corrected chi connectivity index (χ3v) is 3.76. The highest BCUT2D eigenvalue weighted by Crippen LogP contribution is 2.18. The second-order valence-electron chi connectivity index (χ2n) is 5.39. The summed E-state index contributed by atoms with van der Waals surface area (Å²) in [7, 11) is 2.12. The molecule has 0 radical (unpaired) electrons. The zero-order valence-electron chi connectivity index (χ0n) is 12.3. The van der Waals surface area contributed by atoms with Crippen LogP contribution in [-0.2, 0) is 0 Å². The summed E-state index contributed by atoms with van der Waals surface area (Å²) in [5.74, 6) is 1.95. The van der Waals surface area contributed by atoms with Crippen molar-refractivity contribution in [3.05, 3.63) is 12.3 Å². The van der Waals surface area contributed by atoms with Gasteiger partial charge in [0.1, 0.15) is 5.82 Å². The van der Waals surface area contributed by atoms with E-state index in [-0.39, 0.29) is 0 Å². The molecule has 0 bridgehead atoms. The molecule has 1 aromatic rings. The molecule has 0 aromatic carbocycles. The number of nitrogens with zero attached hydrogens (tertiary/aromatic N) is 4. The molecule has 2 heterocycles. The molecule has 1 aliphatic rings. The Kier molecular flexibility index (Phi) is 5.43. The smallest absolute Gasteiger partial charge is 0.227 e. The van der Waals surface area contributed by atoms with Crippen molar-refractivity contribution in [1.82, 2.24) is 9.97 Å². The second-order valence-corrected chi connectivity index (χ2v) is 5.39. The minimum Gasteiger partial charge on any atom is -0.360 e. The van der Waals surface area contributed by atoms with Gasteiger partial charge < -0.3 is 9.80 Å². The Morgan fingerprint density at radius 3 is 2.63 bits per heavy atom. The highest BCUT2D eigenvalue weighted by molar-refractivity contribution is 5.43. The molecule has 0 spiro atoms. The van der Waals surface area contributed by atoms with Gasteiger partial charge >= 0.3 is 0 Å². The number of hydrogen-bond acceptors (Lipinski definition) is 4. The van der Waals surface area contributed by atoms with Crippen LogP contribution in [0.1, 0.15) is 45.4 Å². The summed E-state index contributed by atoms with van der Waals surface area (Å²) in [6.45, 7) is 5.48. The van der Waals surface area contributed by atoms with Crippen LogP contribution in [0.5, 0.6) is 0 Å². The molecule has 0 saturated carbocycles. The topological polar surface area (TPSA) is 32.3 Å². The van der Waals surface area contributed by atoms with Crippen LogP contribution < -0.4 is 9.80 Å². The lowest BCUT2D eigenvalue weighted by Gasteiger charge is -2.23. The summed E-state index contributed by atoms with van der Waals surface area (Å²) in [5, 5.41) is 0. The Hall–Kier alpha value is -1.32. The third kappa shape index (κ3) is 4.08. The van der Waals surface area contributed by atoms with Gasteiger partial charge in [-0.15, -0.1) is 0 Å². The Morgan fingerprint density at radius 1 is 1.21 bits per heavy atom. The summed E-state index contributed by atoms with van der Waals surface area (Å²) < 4.78 is 0. The second kappa shape index (κ2) is 7.31. The summed E-state index contributed by atoms with van der Waals surface area (Å²) in [5.41, 5.74) is 0. The van der Waals surface area contributed by atoms with Crippen molar-refractivity contribution in [2.24, 2.45) is 0 Å². The molecule has 0 N–H and O–H groups in total. The molecule has 1 aliphatic heterocycles. The number of unbranched alkanes of at least 4 members (excludes halogenated alkanes) is 1. The van der Waals surface area contributed by atoms with Gasteiger partial charge in [-0.05, 0) is 25.3 Å². The fraction of sp³-hybridized carbons (Fsp3) is 0.733. The normalized spacial score (nSPS) is 16.2. The lowest BCUT2D eigenvalue weighted by atomic mass is 10.2. The quantitative estimate of drug-likeness (QED) is 0.816. The number of aromatic nitrogens is 2. The van der Waals surface area contributed by atoms with Gasteiger partial charge in [0, 0.05) is 32.9 Å². The molecule has 4 nitrogen and oxygen atoms in total. The number of hydrogen-bond donors (Lipinski definition) is 0. The van der Waals surface area contributed by atoms with E-state index in [4.69, 9.17) is 4.98 Å². The first kappa shape index (κ1) is 14.1. The van der Waals surface area contributed by atoms with Gasteiger partial charge in [-0.2, -0.15) is 4.98 Å². The van der Waals surface area contributed by atoms with Crippen molar-refractivity contribution in [2.75, 3.05) is 36.5 Å². The number of rotatable bonds is 5. The van der Waals surface area contributed by atoms with Crippen molar-refractivity contribution in [1.29, 1.82) is 0 Å². The van der Waals surface area contributed by atoms with Gasteiger partial charge in [-0.1, -0.05) is 26.2 Å². The maximum atomic E-state index is 4.73. The minimum absolute atomic E-state index is 0.905. The predicted molar refractivity (Wildman–Crippen MR) is 80.9 cm³/mol. The van der Waals surface area contributed by atoms with Crippen LogP contribution in [0.25, 0.3) is 0 Å². The van der Waals surface area contributed by atoms with Crippen LogP contribution in [0.2, 0.25) is 0 Å². The van der Waals surface area contributed by atoms with Crippen molar-refractivity contribution >= 4 is 11.8 Å². The molecule has 1 saturated heterocycles. The van der Waals surface area contributed by atoms with Gasteiger partial charge in [0.25, 0.3) is 0 Å². The lowest BCUT2D eigenvalue weighted by molar-refractivity contribution is 0.726. The van der Waals surface area contributed by atoms with Crippen molar-refractivity contribution in [3.8, 4) is 0 Å². The molecule has 106 valence electrons. The van der Waals surface area contributed by atoms with E-state index in [2.05, 4.69) is 28.8 Å². The highest BCUT2D eigenvalue weighted by Gasteiger charge is 2.13. The van der Waals surface area contributed by atoms with Gasteiger partial charge in [0.05, 0.1) is 0 Å². The molecule has 1 aromatic heterocycles. The monoisotopic (exact) mass is 262 g/mol. The average Bonchev–Trinajstić information content (AvgIpc) is 2.74. The van der Waals surface area contributed by atoms with Crippen LogP contribution in [-0.4, -0.2) is 36.6 Å². The molecule has 1 fully saturated rings. The summed E-state index contributed by atoms with van der Waals surface area (Å²) in [4.78, 5) is 13.8. The van der Waals surface area contributed by atoms with Crippen molar-refractivity contribution < 1.29 is 0 Å². The summed E-state index contributed by atoms with van der Waals surface area (Å²) in [6.07, 6.45) is 9.52. The first-order chi connectivity index (χ1) is 9.31. The van der Waals surface area contributed by atoms with E-state index in [1.165, 1.54) is 38.5 Å². The molecular formula is C15H26N4. The molecule has 19 heavy (non-hydrogen) atoms. The average molecular weight is 262 g/mol. The molecule has 0 atom stereocenters. The zero-order valence-corrected chi connectivity index (χ0v) is 12.3. The zero-order chi connectivity index (χ0) is 13.5. The van der Waals surface area contributed by atoms with Gasteiger partial charge in [-0.3, -0.25) is 0 Å². The fourth-order valence-corrected chi connectivity index (χ4v) is 2.48. The summed E-state index contributed by atoms with van der Waals surface area (Å²) in [6, 6.07) is 2.01. The van der Waals surface area contributed by atoms with Crippen molar-refractivity contribution in [2.45, 2.75) is 45.4 Å². The van der Waals surface area contributed by atoms with Crippen LogP contribution in [0.4, 0.5) is 11.8 Å². The first-order valence-corrected chi connectivity index (χ1v) is 7.60. The van der Waals surface area contributed by atoms with E-state index in [1.807, 2.05) is 12.3 Å². The Balaban J connectivity index is 2.04. The third-order valence-electron chi connectivity index (χ3n) is 3.76. The summed E-state index contributed by atoms with van der Waals surface area (Å²) >= 11 is 0. The maximum absolute atomic E-state index is 4.73. The van der Waals surface area contributed by atoms with Crippen LogP contribution in [0.15, 0.2) is 12.3 Å². The van der Waals surface area contributed by atoms with E-state index in [1.54, 1.807) is 0 Å². The van der Waals surface area contributed by atoms with Crippen molar-refractivity contribution in [3.63, 3.8) is 0 Å². The Bertz CT molecular complexity index is 372. The molecule has 4 heteroatoms. The van der Waals surface area contributed by atoms with E-state index in [9.17, 15) is 0 Å². The first-order valence-electron chi connectivity index (χ1n) is 7.60. The predicted octanol–water partition coefficient (Wildman–Crippen LogP) is 3.09. The molecule has 0 amide bonds. The van der Waals surface area contributed by atoms with E-state index < -0.39 is 0 Å². The fourth-order valence-electron chi connectivity index (χ4n) is 2.48. The lowest BCUT2D eigenvalue weighted by Crippen LogP contribution is -2.27. The molecular weight excluding hydrogens is 236 g/mol. The van der Waals surface area contributed by atoms with Gasteiger partial charge in [0.15, 0.2) is 0 Å². The molecule has 0 aliphatic carbocycles. The van der Waals surface area contributed by atoms with Crippen LogP contribution in [0, 0.1) is 0 Å². The largest absolute Gasteiger partial charge is 0.360 e. The Morgan fingerprint density at radius 2 is 1.95 bits per heavy atom. The van der Waals surface area contributed by atoms with E-state index in [0.29, 0.717) is 0 Å². The van der Waals surface area contributed by atoms with Crippen LogP contribution >= 0.6 is 0 Å². The standard InChI is InChI=1S/C15H26N4/c1-3-4-11-18(2)14-9-10-16-15(17-14)19-12-7-5-6-8-13-19/h9-10H,3-8,11-13H2,1-2H3. The van der Waals surface area contributed by atoms with E-state index >= 15 is 0 Å². The van der Waals surface area contributed by atoms with Crippen LogP contribution in [0.3, 0.4) is 0 Å². The van der Waals surface area contributed by atoms with E-state index in [0.717, 1.165) is 31.4 Å². The minimum atomic E-state index is 0.905. The SMILES string of the molecule is CCCCN(C)c1ccnc(N2CCCCCC2)n1. The molecule has 0 unspecified atom stereocenters. The van der Waals surface area contributed by atoms with Gasteiger partial charge in [0.2, 0.25) is 5.95 Å². The molecule has 2 rings (SSSR count). The highest BCUT2D eigenvalue weighted by atomic mass is 15.3. The Labute approximate surface area is 116 Å².